The van der Waals surface area contributed by atoms with Crippen molar-refractivity contribution in [1.29, 1.82) is 5.41 Å². The molecule has 25 heteroatoms. The Kier molecular flexibility index (Phi) is 24.0. The number of ether oxygens (including phenoxy) is 1. The Morgan fingerprint density at radius 2 is 1.28 bits per heavy atom. The molecule has 0 radical (unpaired) electrons. The zero-order valence-corrected chi connectivity index (χ0v) is 48.3. The molecule has 7 amide bonds. The number of carbonyl (C=O) groups is 8. The van der Waals surface area contributed by atoms with Crippen molar-refractivity contribution in [2.45, 2.75) is 186 Å². The third kappa shape index (κ3) is 17.0. The van der Waals surface area contributed by atoms with Crippen molar-refractivity contribution < 1.29 is 71.6 Å². The van der Waals surface area contributed by atoms with Gasteiger partial charge in [0, 0.05) is 26.4 Å². The van der Waals surface area contributed by atoms with Gasteiger partial charge in [-0.05, 0) is 142 Å². The van der Waals surface area contributed by atoms with E-state index in [0.29, 0.717) is 54.9 Å². The average molecular weight is 1160 g/mol. The van der Waals surface area contributed by atoms with E-state index in [2.05, 4.69) is 63.3 Å². The van der Waals surface area contributed by atoms with Crippen LogP contribution in [-0.4, -0.2) is 150 Å². The lowest BCUT2D eigenvalue weighted by molar-refractivity contribution is -0.210. The van der Waals surface area contributed by atoms with Crippen LogP contribution in [0.1, 0.15) is 131 Å². The zero-order valence-electron chi connectivity index (χ0n) is 48.3. The second-order valence-electron chi connectivity index (χ2n) is 24.1. The lowest BCUT2D eigenvalue weighted by Gasteiger charge is -2.61. The van der Waals surface area contributed by atoms with Gasteiger partial charge in [-0.3, -0.25) is 39.0 Å². The van der Waals surface area contributed by atoms with Gasteiger partial charge in [-0.25, -0.2) is 4.79 Å². The molecule has 1 aromatic carbocycles. The monoisotopic (exact) mass is 1160 g/mol. The fourth-order valence-corrected chi connectivity index (χ4v) is 14.0. The number of nitrogens with two attached hydrogens (primary N) is 1. The van der Waals surface area contributed by atoms with Crippen molar-refractivity contribution in [3.05, 3.63) is 35.9 Å². The minimum absolute atomic E-state index is 0.0196. The maximum atomic E-state index is 14.3. The van der Waals surface area contributed by atoms with Crippen LogP contribution >= 0.6 is 0 Å². The molecule has 0 aliphatic heterocycles. The molecule has 4 saturated carbocycles. The van der Waals surface area contributed by atoms with E-state index in [-0.39, 0.29) is 60.9 Å². The molecular weight excluding hydrogens is 1070 g/mol. The molecule has 14 N–H and O–H groups in total. The number of hydrogen-bond donors (Lipinski definition) is 13. The summed E-state index contributed by atoms with van der Waals surface area (Å²) in [5.41, 5.74) is 6.00. The molecular formula is C57H89F3N10O12. The number of esters is 1. The maximum absolute atomic E-state index is 14.3. The summed E-state index contributed by atoms with van der Waals surface area (Å²) >= 11 is 0. The second-order valence-corrected chi connectivity index (χ2v) is 24.1. The van der Waals surface area contributed by atoms with E-state index in [0.717, 1.165) is 38.5 Å². The Hall–Kier alpha value is -6.08. The molecule has 0 saturated heterocycles. The highest BCUT2D eigenvalue weighted by molar-refractivity contribution is 5.97. The van der Waals surface area contributed by atoms with Crippen molar-refractivity contribution in [2.24, 2.45) is 58.0 Å². The highest BCUT2D eigenvalue weighted by atomic mass is 19.4. The predicted octanol–water partition coefficient (Wildman–Crippen LogP) is 1.72. The predicted molar refractivity (Wildman–Crippen MR) is 295 cm³/mol. The molecule has 4 fully saturated rings. The topological polar surface area (TPSA) is 353 Å². The van der Waals surface area contributed by atoms with E-state index >= 15 is 0 Å². The molecule has 22 nitrogen and oxygen atoms in total. The number of halogens is 3. The molecule has 460 valence electrons. The number of carbonyl (C=O) groups excluding carboxylic acids is 8. The first-order valence-electron chi connectivity index (χ1n) is 28.9. The van der Waals surface area contributed by atoms with Gasteiger partial charge in [-0.1, -0.05) is 65.0 Å². The van der Waals surface area contributed by atoms with Crippen LogP contribution in [0, 0.1) is 57.7 Å². The van der Waals surface area contributed by atoms with Gasteiger partial charge in [-0.2, -0.15) is 13.2 Å². The van der Waals surface area contributed by atoms with Crippen molar-refractivity contribution >= 4 is 53.3 Å². The fraction of sp³-hybridized carbons (Fsp3) is 0.737. The third-order valence-electron chi connectivity index (χ3n) is 18.4. The molecule has 4 aliphatic rings. The first-order valence-corrected chi connectivity index (χ1v) is 28.9. The number of rotatable bonds is 27. The van der Waals surface area contributed by atoms with Gasteiger partial charge in [0.1, 0.15) is 42.4 Å². The van der Waals surface area contributed by atoms with Crippen molar-refractivity contribution in [3.63, 3.8) is 0 Å². The van der Waals surface area contributed by atoms with Gasteiger partial charge in [-0.15, -0.1) is 0 Å². The minimum Gasteiger partial charge on any atom is -0.456 e. The normalized spacial score (nSPS) is 26.9. The summed E-state index contributed by atoms with van der Waals surface area (Å²) in [6, 6.07) is -0.0222. The molecule has 0 spiro atoms. The van der Waals surface area contributed by atoms with Gasteiger partial charge in [0.05, 0.1) is 19.3 Å². The largest absolute Gasteiger partial charge is 0.490 e. The highest BCUT2D eigenvalue weighted by Gasteiger charge is 2.61. The highest BCUT2D eigenvalue weighted by Crippen LogP contribution is 2.68. The number of fused-ring (bicyclic) bond motifs is 5. The van der Waals surface area contributed by atoms with Crippen molar-refractivity contribution in [1.82, 2.24) is 42.5 Å². The Balaban J connectivity index is 1.21. The molecule has 0 heterocycles. The quantitative estimate of drug-likeness (QED) is 0.0258. The van der Waals surface area contributed by atoms with Gasteiger partial charge in [0.15, 0.2) is 5.96 Å². The molecule has 16 atom stereocenters. The number of benzene rings is 1. The van der Waals surface area contributed by atoms with E-state index in [1.54, 1.807) is 44.2 Å². The second kappa shape index (κ2) is 29.4. The van der Waals surface area contributed by atoms with Gasteiger partial charge in [0.2, 0.25) is 41.4 Å². The number of hydrogen-bond acceptors (Lipinski definition) is 13. The van der Waals surface area contributed by atoms with Crippen molar-refractivity contribution in [3.8, 4) is 0 Å². The van der Waals surface area contributed by atoms with Crippen LogP contribution in [0.25, 0.3) is 0 Å². The summed E-state index contributed by atoms with van der Waals surface area (Å²) in [5.74, 6) is -6.78. The summed E-state index contributed by atoms with van der Waals surface area (Å²) < 4.78 is 44.0. The number of aliphatic hydroxyl groups excluding tert-OH is 3. The van der Waals surface area contributed by atoms with E-state index < -0.39 is 121 Å². The van der Waals surface area contributed by atoms with Crippen LogP contribution < -0.4 is 48.3 Å². The molecule has 0 bridgehead atoms. The number of alkyl halides is 3. The van der Waals surface area contributed by atoms with Gasteiger partial charge in [0.25, 0.3) is 0 Å². The molecule has 4 aliphatic carbocycles. The van der Waals surface area contributed by atoms with E-state index in [9.17, 15) is 66.8 Å². The van der Waals surface area contributed by atoms with Crippen LogP contribution in [0.5, 0.6) is 0 Å². The van der Waals surface area contributed by atoms with Crippen LogP contribution in [0.4, 0.5) is 13.2 Å². The van der Waals surface area contributed by atoms with E-state index in [4.69, 9.17) is 15.9 Å². The first-order chi connectivity index (χ1) is 38.6. The summed E-state index contributed by atoms with van der Waals surface area (Å²) in [7, 11) is 1.28. The fourth-order valence-electron chi connectivity index (χ4n) is 14.0. The number of aliphatic hydroxyl groups is 3. The standard InChI is InChI=1S/C57H89F3N10O12/c1-30(2)45(51(79)66-41(26-33-12-9-8-10-13-33)49(77)65-40(14-11-25-64-54(61)62)48(76)68-43(29-72)50(78)67-42(28-71)47(75)63-7)70-52(80)46(32(4)73)69-44(74)20-15-31(3)37-18-19-38-36-17-16-34-27-35(82-53(81)57(58,59)60)21-23-55(34,5)39(36)22-24-56(37,38)6/h8-10,12-13,30-32,34-43,45-46,71-73H,11,14-29H2,1-7H3,(H,63,75)(H,65,77)(H,66,79)(H,67,78)(H,68,76)(H,69,74)(H,70,80)(H4,61,62,64)/t31-,32-,34?,35-,36?,37-,38?,39?,40+,41+,42+,43+,45+,46?,55+,56-/m1/s1. The Morgan fingerprint density at radius 3 is 1.88 bits per heavy atom. The summed E-state index contributed by atoms with van der Waals surface area (Å²) in [6.45, 7) is 9.81. The van der Waals surface area contributed by atoms with Crippen LogP contribution in [0.3, 0.4) is 0 Å². The van der Waals surface area contributed by atoms with Crippen LogP contribution in [0.2, 0.25) is 0 Å². The Morgan fingerprint density at radius 1 is 0.707 bits per heavy atom. The molecule has 0 aromatic heterocycles. The average Bonchev–Trinajstić information content (AvgIpc) is 3.33. The summed E-state index contributed by atoms with van der Waals surface area (Å²) in [4.78, 5) is 107. The van der Waals surface area contributed by atoms with Crippen LogP contribution in [0.15, 0.2) is 30.3 Å². The molecule has 1 aromatic rings. The third-order valence-corrected chi connectivity index (χ3v) is 18.4. The first kappa shape index (κ1) is 66.7. The lowest BCUT2D eigenvalue weighted by atomic mass is 9.44. The maximum Gasteiger partial charge on any atom is 0.490 e. The number of amides is 7. The SMILES string of the molecule is CNC(=O)[C@H](CO)NC(=O)[C@H](CO)NC(=O)[C@H](CCCNC(=N)N)NC(=O)[C@H](Cc1ccccc1)NC(=O)[C@@H](NC(=O)C(NC(=O)CC[C@@H](C)[C@H]1CCC2C3CCC4C[C@H](OC(=O)C(F)(F)F)CC[C@]4(C)C3CC[C@@]21C)[C@@H](C)O)C(C)C. The number of nitrogens with one attached hydrogen (secondary N) is 9. The molecule has 5 unspecified atom stereocenters. The smallest absolute Gasteiger partial charge is 0.456 e. The van der Waals surface area contributed by atoms with E-state index in [1.807, 2.05) is 0 Å². The summed E-state index contributed by atoms with van der Waals surface area (Å²) in [5, 5.41) is 58.2. The van der Waals surface area contributed by atoms with Gasteiger partial charge >= 0.3 is 12.1 Å². The Labute approximate surface area is 478 Å². The number of guanidine groups is 1. The van der Waals surface area contributed by atoms with Crippen LogP contribution in [-0.2, 0) is 49.5 Å². The summed E-state index contributed by atoms with van der Waals surface area (Å²) in [6.07, 6.45) is 0.817. The van der Waals surface area contributed by atoms with Crippen molar-refractivity contribution in [2.75, 3.05) is 26.8 Å². The number of likely N-dealkylation sites (N-methyl/N-ethyl adjacent to an activating group) is 1. The minimum atomic E-state index is -5.02. The molecule has 82 heavy (non-hydrogen) atoms. The van der Waals surface area contributed by atoms with E-state index in [1.165, 1.54) is 14.0 Å². The lowest BCUT2D eigenvalue weighted by Crippen LogP contribution is -2.61. The zero-order chi connectivity index (χ0) is 60.9. The Bertz CT molecular complexity index is 2400. The van der Waals surface area contributed by atoms with Gasteiger partial charge < -0.3 is 68.3 Å². The molecule has 5 rings (SSSR count).